The summed E-state index contributed by atoms with van der Waals surface area (Å²) in [5.41, 5.74) is 1.40. The number of halogens is 1. The van der Waals surface area contributed by atoms with Crippen LogP contribution in [0.15, 0.2) is 48.8 Å². The summed E-state index contributed by atoms with van der Waals surface area (Å²) in [4.78, 5) is 20.7. The molecule has 5 heteroatoms. The number of likely N-dealkylation sites (tertiary alicyclic amines) is 1. The number of benzene rings is 1. The van der Waals surface area contributed by atoms with Crippen LogP contribution in [0.2, 0.25) is 0 Å². The second kappa shape index (κ2) is 8.90. The van der Waals surface area contributed by atoms with Crippen molar-refractivity contribution in [3.63, 3.8) is 0 Å². The van der Waals surface area contributed by atoms with Gasteiger partial charge in [-0.3, -0.25) is 9.78 Å². The van der Waals surface area contributed by atoms with Gasteiger partial charge in [0.25, 0.3) is 5.91 Å². The molecule has 0 radical (unpaired) electrons. The molecule has 1 saturated heterocycles. The fourth-order valence-electron chi connectivity index (χ4n) is 3.66. The van der Waals surface area contributed by atoms with Gasteiger partial charge in [0.15, 0.2) is 0 Å². The first-order valence-electron chi connectivity index (χ1n) is 9.24. The van der Waals surface area contributed by atoms with E-state index >= 15 is 0 Å². The van der Waals surface area contributed by atoms with Crippen LogP contribution in [-0.2, 0) is 6.42 Å². The van der Waals surface area contributed by atoms with Crippen LogP contribution in [0.3, 0.4) is 0 Å². The molecule has 1 aliphatic rings. The van der Waals surface area contributed by atoms with Crippen molar-refractivity contribution in [3.8, 4) is 0 Å². The molecule has 0 saturated carbocycles. The molecule has 1 unspecified atom stereocenters. The summed E-state index contributed by atoms with van der Waals surface area (Å²) in [5, 5.41) is 0. The maximum Gasteiger partial charge on any atom is 0.255 e. The average molecular weight is 355 g/mol. The zero-order valence-electron chi connectivity index (χ0n) is 15.3. The average Bonchev–Trinajstić information content (AvgIpc) is 2.68. The van der Waals surface area contributed by atoms with Gasteiger partial charge in [0.1, 0.15) is 5.82 Å². The van der Waals surface area contributed by atoms with Crippen LogP contribution in [0.4, 0.5) is 4.39 Å². The fourth-order valence-corrected chi connectivity index (χ4v) is 3.66. The van der Waals surface area contributed by atoms with Crippen LogP contribution >= 0.6 is 0 Å². The van der Waals surface area contributed by atoms with E-state index in [0.29, 0.717) is 11.5 Å². The largest absolute Gasteiger partial charge is 0.341 e. The van der Waals surface area contributed by atoms with Gasteiger partial charge in [0, 0.05) is 39.1 Å². The number of carbonyl (C=O) groups is 1. The number of carbonyl (C=O) groups excluding carboxylic acids is 1. The molecule has 1 amide bonds. The standard InChI is InChI=1S/C21H26FN3O/c1-24(21(26)19-8-4-11-23-14-19)15-17-6-5-12-25(16-17)13-10-18-7-2-3-9-20(18)22/h2-4,7-9,11,14,17H,5-6,10,12-13,15-16H2,1H3. The first-order valence-corrected chi connectivity index (χ1v) is 9.24. The highest BCUT2D eigenvalue weighted by Gasteiger charge is 2.23. The van der Waals surface area contributed by atoms with Crippen LogP contribution in [0.1, 0.15) is 28.8 Å². The van der Waals surface area contributed by atoms with Gasteiger partial charge in [-0.05, 0) is 55.5 Å². The Bertz CT molecular complexity index is 722. The molecule has 1 fully saturated rings. The van der Waals surface area contributed by atoms with E-state index in [-0.39, 0.29) is 11.7 Å². The van der Waals surface area contributed by atoms with Crippen LogP contribution in [0.5, 0.6) is 0 Å². The number of rotatable bonds is 6. The molecule has 1 aliphatic heterocycles. The number of hydrogen-bond acceptors (Lipinski definition) is 3. The van der Waals surface area contributed by atoms with Crippen molar-refractivity contribution in [2.75, 3.05) is 33.2 Å². The SMILES string of the molecule is CN(CC1CCCN(CCc2ccccc2F)C1)C(=O)c1cccnc1. The van der Waals surface area contributed by atoms with Gasteiger partial charge < -0.3 is 9.80 Å². The number of nitrogens with zero attached hydrogens (tertiary/aromatic N) is 3. The maximum atomic E-state index is 13.8. The molecule has 2 aromatic rings. The molecule has 1 aromatic heterocycles. The molecule has 4 nitrogen and oxygen atoms in total. The zero-order chi connectivity index (χ0) is 18.4. The zero-order valence-corrected chi connectivity index (χ0v) is 15.3. The lowest BCUT2D eigenvalue weighted by molar-refractivity contribution is 0.0730. The Kier molecular flexibility index (Phi) is 6.34. The maximum absolute atomic E-state index is 13.8. The summed E-state index contributed by atoms with van der Waals surface area (Å²) in [6, 6.07) is 10.6. The molecular formula is C21H26FN3O. The highest BCUT2D eigenvalue weighted by Crippen LogP contribution is 2.19. The monoisotopic (exact) mass is 355 g/mol. The van der Waals surface area contributed by atoms with Crippen molar-refractivity contribution >= 4 is 5.91 Å². The molecule has 0 aliphatic carbocycles. The van der Waals surface area contributed by atoms with E-state index in [1.54, 1.807) is 35.5 Å². The minimum Gasteiger partial charge on any atom is -0.341 e. The molecule has 1 aromatic carbocycles. The summed E-state index contributed by atoms with van der Waals surface area (Å²) >= 11 is 0. The highest BCUT2D eigenvalue weighted by molar-refractivity contribution is 5.93. The fraction of sp³-hybridized carbons (Fsp3) is 0.429. The predicted octanol–water partition coefficient (Wildman–Crippen LogP) is 3.25. The number of pyridine rings is 1. The first-order chi connectivity index (χ1) is 12.6. The molecule has 0 N–H and O–H groups in total. The van der Waals surface area contributed by atoms with Gasteiger partial charge in [-0.15, -0.1) is 0 Å². The Balaban J connectivity index is 1.50. The van der Waals surface area contributed by atoms with Gasteiger partial charge in [-0.25, -0.2) is 4.39 Å². The third-order valence-corrected chi connectivity index (χ3v) is 5.05. The highest BCUT2D eigenvalue weighted by atomic mass is 19.1. The van der Waals surface area contributed by atoms with E-state index in [0.717, 1.165) is 51.0 Å². The van der Waals surface area contributed by atoms with Crippen molar-refractivity contribution in [1.29, 1.82) is 0 Å². The Hall–Kier alpha value is -2.27. The molecule has 0 spiro atoms. The Morgan fingerprint density at radius 1 is 1.31 bits per heavy atom. The summed E-state index contributed by atoms with van der Waals surface area (Å²) in [7, 11) is 1.85. The Morgan fingerprint density at radius 3 is 2.92 bits per heavy atom. The van der Waals surface area contributed by atoms with Crippen molar-refractivity contribution in [2.45, 2.75) is 19.3 Å². The number of piperidine rings is 1. The van der Waals surface area contributed by atoms with Crippen LogP contribution < -0.4 is 0 Å². The van der Waals surface area contributed by atoms with Crippen molar-refractivity contribution in [3.05, 3.63) is 65.7 Å². The van der Waals surface area contributed by atoms with Gasteiger partial charge >= 0.3 is 0 Å². The van der Waals surface area contributed by atoms with Crippen LogP contribution in [0.25, 0.3) is 0 Å². The lowest BCUT2D eigenvalue weighted by Gasteiger charge is -2.34. The molecule has 3 rings (SSSR count). The van der Waals surface area contributed by atoms with Gasteiger partial charge in [0.2, 0.25) is 0 Å². The summed E-state index contributed by atoms with van der Waals surface area (Å²) in [6.07, 6.45) is 6.26. The van der Waals surface area contributed by atoms with Crippen LogP contribution in [0, 0.1) is 11.7 Å². The number of amides is 1. The lowest BCUT2D eigenvalue weighted by atomic mass is 9.97. The summed E-state index contributed by atoms with van der Waals surface area (Å²) in [6.45, 7) is 3.60. The molecule has 0 bridgehead atoms. The minimum absolute atomic E-state index is 0.0154. The van der Waals surface area contributed by atoms with Crippen molar-refractivity contribution in [2.24, 2.45) is 5.92 Å². The van der Waals surface area contributed by atoms with Crippen molar-refractivity contribution in [1.82, 2.24) is 14.8 Å². The summed E-state index contributed by atoms with van der Waals surface area (Å²) in [5.74, 6) is 0.347. The topological polar surface area (TPSA) is 36.4 Å². The number of aromatic nitrogens is 1. The quantitative estimate of drug-likeness (QED) is 0.798. The van der Waals surface area contributed by atoms with E-state index in [1.165, 1.54) is 6.07 Å². The second-order valence-corrected chi connectivity index (χ2v) is 7.08. The van der Waals surface area contributed by atoms with E-state index in [2.05, 4.69) is 9.88 Å². The van der Waals surface area contributed by atoms with Gasteiger partial charge in [0.05, 0.1) is 5.56 Å². The molecular weight excluding hydrogens is 329 g/mol. The molecule has 26 heavy (non-hydrogen) atoms. The number of hydrogen-bond donors (Lipinski definition) is 0. The summed E-state index contributed by atoms with van der Waals surface area (Å²) < 4.78 is 13.8. The van der Waals surface area contributed by atoms with Gasteiger partial charge in [-0.2, -0.15) is 0 Å². The van der Waals surface area contributed by atoms with E-state index in [4.69, 9.17) is 0 Å². The van der Waals surface area contributed by atoms with Crippen LogP contribution in [-0.4, -0.2) is 53.9 Å². The second-order valence-electron chi connectivity index (χ2n) is 7.08. The molecule has 2 heterocycles. The predicted molar refractivity (Wildman–Crippen MR) is 100 cm³/mol. The van der Waals surface area contributed by atoms with Gasteiger partial charge in [-0.1, -0.05) is 18.2 Å². The Morgan fingerprint density at radius 2 is 2.15 bits per heavy atom. The van der Waals surface area contributed by atoms with E-state index in [1.807, 2.05) is 19.2 Å². The smallest absolute Gasteiger partial charge is 0.255 e. The minimum atomic E-state index is -0.122. The third kappa shape index (κ3) is 4.88. The van der Waals surface area contributed by atoms with Crippen molar-refractivity contribution < 1.29 is 9.18 Å². The lowest BCUT2D eigenvalue weighted by Crippen LogP contribution is -2.42. The first kappa shape index (κ1) is 18.5. The normalized spacial score (nSPS) is 17.8. The molecule has 138 valence electrons. The van der Waals surface area contributed by atoms with E-state index < -0.39 is 0 Å². The Labute approximate surface area is 154 Å². The molecule has 1 atom stereocenters. The van der Waals surface area contributed by atoms with E-state index in [9.17, 15) is 9.18 Å². The third-order valence-electron chi connectivity index (χ3n) is 5.05.